The third-order valence-electron chi connectivity index (χ3n) is 3.73. The summed E-state index contributed by atoms with van der Waals surface area (Å²) in [7, 11) is 0. The first-order valence-electron chi connectivity index (χ1n) is 7.28. The summed E-state index contributed by atoms with van der Waals surface area (Å²) >= 11 is 1.45. The average Bonchev–Trinajstić information content (AvgIpc) is 3.21. The molecule has 110 valence electrons. The molecule has 0 radical (unpaired) electrons. The van der Waals surface area contributed by atoms with Crippen LogP contribution in [-0.2, 0) is 4.74 Å². The van der Waals surface area contributed by atoms with Crippen molar-refractivity contribution in [2.75, 3.05) is 25.0 Å². The van der Waals surface area contributed by atoms with Crippen molar-refractivity contribution >= 4 is 22.8 Å². The molecule has 1 aromatic rings. The van der Waals surface area contributed by atoms with Crippen molar-refractivity contribution in [3.8, 4) is 0 Å². The minimum atomic E-state index is -0.196. The summed E-state index contributed by atoms with van der Waals surface area (Å²) in [4.78, 5) is 17.9. The van der Waals surface area contributed by atoms with E-state index in [4.69, 9.17) is 4.74 Å². The molecule has 7 heteroatoms. The number of rotatable bonds is 4. The van der Waals surface area contributed by atoms with E-state index >= 15 is 0 Å². The number of nitrogens with zero attached hydrogens (tertiary/aromatic N) is 3. The van der Waals surface area contributed by atoms with Crippen LogP contribution in [0.2, 0.25) is 0 Å². The minimum absolute atomic E-state index is 0.196. The molecule has 1 aliphatic heterocycles. The average molecular weight is 296 g/mol. The first-order valence-corrected chi connectivity index (χ1v) is 8.05. The second-order valence-electron chi connectivity index (χ2n) is 5.34. The maximum Gasteiger partial charge on any atom is 0.409 e. The van der Waals surface area contributed by atoms with Gasteiger partial charge in [0.2, 0.25) is 5.13 Å². The van der Waals surface area contributed by atoms with Crippen molar-refractivity contribution in [3.05, 3.63) is 5.82 Å². The summed E-state index contributed by atoms with van der Waals surface area (Å²) in [6, 6.07) is 0.376. The third-order valence-corrected chi connectivity index (χ3v) is 4.39. The highest BCUT2D eigenvalue weighted by atomic mass is 32.1. The van der Waals surface area contributed by atoms with E-state index in [0.717, 1.165) is 36.9 Å². The molecule has 1 saturated carbocycles. The molecule has 1 saturated heterocycles. The topological polar surface area (TPSA) is 67.3 Å². The Bertz CT molecular complexity index is 467. The van der Waals surface area contributed by atoms with Crippen LogP contribution in [-0.4, -0.2) is 46.1 Å². The zero-order valence-electron chi connectivity index (χ0n) is 11.7. The molecule has 2 fully saturated rings. The standard InChI is InChI=1S/C13H20N4O2S/c1-2-19-13(18)17-7-5-10(6-8-17)14-12-15-11(16-20-12)9-3-4-9/h9-10H,2-8H2,1H3,(H,14,15,16). The quantitative estimate of drug-likeness (QED) is 0.924. The van der Waals surface area contributed by atoms with Crippen molar-refractivity contribution in [2.45, 2.75) is 44.6 Å². The van der Waals surface area contributed by atoms with Gasteiger partial charge < -0.3 is 15.0 Å². The number of ether oxygens (including phenoxy) is 1. The molecule has 0 bridgehead atoms. The monoisotopic (exact) mass is 296 g/mol. The number of anilines is 1. The molecule has 3 rings (SSSR count). The van der Waals surface area contributed by atoms with Gasteiger partial charge in [0, 0.05) is 36.6 Å². The Hall–Kier alpha value is -1.37. The summed E-state index contributed by atoms with van der Waals surface area (Å²) in [6.07, 6.45) is 4.12. The molecule has 1 aromatic heterocycles. The summed E-state index contributed by atoms with van der Waals surface area (Å²) in [5.41, 5.74) is 0. The number of hydrogen-bond acceptors (Lipinski definition) is 6. The van der Waals surface area contributed by atoms with Crippen molar-refractivity contribution in [1.29, 1.82) is 0 Å². The zero-order valence-corrected chi connectivity index (χ0v) is 12.5. The smallest absolute Gasteiger partial charge is 0.409 e. The molecule has 6 nitrogen and oxygen atoms in total. The highest BCUT2D eigenvalue weighted by Gasteiger charge is 2.29. The Morgan fingerprint density at radius 2 is 2.15 bits per heavy atom. The fourth-order valence-electron chi connectivity index (χ4n) is 2.40. The van der Waals surface area contributed by atoms with Gasteiger partial charge in [0.05, 0.1) is 6.61 Å². The van der Waals surface area contributed by atoms with E-state index in [1.165, 1.54) is 24.4 Å². The molecule has 1 N–H and O–H groups in total. The van der Waals surface area contributed by atoms with Crippen LogP contribution in [0.5, 0.6) is 0 Å². The lowest BCUT2D eigenvalue weighted by molar-refractivity contribution is 0.0983. The number of amides is 1. The highest BCUT2D eigenvalue weighted by Crippen LogP contribution is 2.39. The van der Waals surface area contributed by atoms with Gasteiger partial charge in [0.1, 0.15) is 5.82 Å². The largest absolute Gasteiger partial charge is 0.450 e. The lowest BCUT2D eigenvalue weighted by atomic mass is 10.1. The van der Waals surface area contributed by atoms with E-state index < -0.39 is 0 Å². The lowest BCUT2D eigenvalue weighted by Crippen LogP contribution is -2.42. The van der Waals surface area contributed by atoms with E-state index in [0.29, 0.717) is 18.6 Å². The SMILES string of the molecule is CCOC(=O)N1CCC(Nc2nc(C3CC3)ns2)CC1. The van der Waals surface area contributed by atoms with Gasteiger partial charge in [-0.3, -0.25) is 0 Å². The van der Waals surface area contributed by atoms with Crippen LogP contribution in [0.15, 0.2) is 0 Å². The zero-order chi connectivity index (χ0) is 13.9. The molecule has 20 heavy (non-hydrogen) atoms. The van der Waals surface area contributed by atoms with E-state index in [9.17, 15) is 4.79 Å². The number of nitrogens with one attached hydrogen (secondary N) is 1. The van der Waals surface area contributed by atoms with E-state index in [1.807, 2.05) is 6.92 Å². The Morgan fingerprint density at radius 1 is 1.40 bits per heavy atom. The molecule has 1 aliphatic carbocycles. The minimum Gasteiger partial charge on any atom is -0.450 e. The van der Waals surface area contributed by atoms with E-state index in [-0.39, 0.29) is 6.09 Å². The van der Waals surface area contributed by atoms with Gasteiger partial charge in [-0.15, -0.1) is 0 Å². The molecular weight excluding hydrogens is 276 g/mol. The number of carbonyl (C=O) groups is 1. The van der Waals surface area contributed by atoms with Crippen molar-refractivity contribution < 1.29 is 9.53 Å². The maximum atomic E-state index is 11.6. The third kappa shape index (κ3) is 3.20. The van der Waals surface area contributed by atoms with Crippen molar-refractivity contribution in [2.24, 2.45) is 0 Å². The first kappa shape index (κ1) is 13.6. The van der Waals surface area contributed by atoms with Gasteiger partial charge in [0.25, 0.3) is 0 Å². The van der Waals surface area contributed by atoms with Gasteiger partial charge >= 0.3 is 6.09 Å². The molecule has 1 amide bonds. The molecule has 2 heterocycles. The normalized spacial score (nSPS) is 19.9. The lowest BCUT2D eigenvalue weighted by Gasteiger charge is -2.31. The van der Waals surface area contributed by atoms with Crippen LogP contribution < -0.4 is 5.32 Å². The second-order valence-corrected chi connectivity index (χ2v) is 6.09. The summed E-state index contributed by atoms with van der Waals surface area (Å²) in [5, 5.41) is 4.36. The van der Waals surface area contributed by atoms with Gasteiger partial charge in [0.15, 0.2) is 0 Å². The summed E-state index contributed by atoms with van der Waals surface area (Å²) in [5.74, 6) is 1.61. The van der Waals surface area contributed by atoms with Gasteiger partial charge in [-0.1, -0.05) is 0 Å². The maximum absolute atomic E-state index is 11.6. The molecule has 0 spiro atoms. The highest BCUT2D eigenvalue weighted by molar-refractivity contribution is 7.09. The van der Waals surface area contributed by atoms with E-state index in [1.54, 1.807) is 4.90 Å². The number of piperidine rings is 1. The fourth-order valence-corrected chi connectivity index (χ4v) is 3.12. The van der Waals surface area contributed by atoms with Crippen LogP contribution in [0.4, 0.5) is 9.93 Å². The van der Waals surface area contributed by atoms with Crippen LogP contribution in [0.1, 0.15) is 44.3 Å². The Kier molecular flexibility index (Phi) is 4.05. The molecule has 0 atom stereocenters. The van der Waals surface area contributed by atoms with Crippen molar-refractivity contribution in [3.63, 3.8) is 0 Å². The van der Waals surface area contributed by atoms with Crippen LogP contribution in [0.3, 0.4) is 0 Å². The predicted molar refractivity (Wildman–Crippen MR) is 77.1 cm³/mol. The number of likely N-dealkylation sites (tertiary alicyclic amines) is 1. The molecule has 2 aliphatic rings. The molecule has 0 aromatic carbocycles. The van der Waals surface area contributed by atoms with Crippen LogP contribution in [0.25, 0.3) is 0 Å². The van der Waals surface area contributed by atoms with Crippen LogP contribution >= 0.6 is 11.5 Å². The van der Waals surface area contributed by atoms with Gasteiger partial charge in [-0.25, -0.2) is 9.78 Å². The number of aromatic nitrogens is 2. The fraction of sp³-hybridized carbons (Fsp3) is 0.769. The Balaban J connectivity index is 1.46. The van der Waals surface area contributed by atoms with E-state index in [2.05, 4.69) is 14.7 Å². The van der Waals surface area contributed by atoms with Gasteiger partial charge in [-0.2, -0.15) is 4.37 Å². The first-order chi connectivity index (χ1) is 9.76. The van der Waals surface area contributed by atoms with Crippen LogP contribution in [0, 0.1) is 0 Å². The molecular formula is C13H20N4O2S. The second kappa shape index (κ2) is 5.95. The Morgan fingerprint density at radius 3 is 2.80 bits per heavy atom. The van der Waals surface area contributed by atoms with Gasteiger partial charge in [-0.05, 0) is 32.6 Å². The molecule has 0 unspecified atom stereocenters. The summed E-state index contributed by atoms with van der Waals surface area (Å²) < 4.78 is 9.41. The number of carbonyl (C=O) groups excluding carboxylic acids is 1. The Labute approximate surface area is 122 Å². The number of hydrogen-bond donors (Lipinski definition) is 1. The van der Waals surface area contributed by atoms with Crippen molar-refractivity contribution in [1.82, 2.24) is 14.3 Å². The summed E-state index contributed by atoms with van der Waals surface area (Å²) in [6.45, 7) is 3.75. The predicted octanol–water partition coefficient (Wildman–Crippen LogP) is 2.45.